The quantitative estimate of drug-likeness (QED) is 0.902. The number of rotatable bonds is 3. The van der Waals surface area contributed by atoms with Gasteiger partial charge in [-0.25, -0.2) is 9.78 Å². The Labute approximate surface area is 103 Å². The van der Waals surface area contributed by atoms with E-state index in [9.17, 15) is 4.79 Å². The molecule has 86 valence electrons. The SMILES string of the molecule is Cc1cnccc1Sc1ccnc(C(=O)O)c1. The molecule has 0 atom stereocenters. The number of hydrogen-bond donors (Lipinski definition) is 1. The van der Waals surface area contributed by atoms with E-state index in [1.54, 1.807) is 24.5 Å². The molecular formula is C12H10N2O2S. The number of hydrogen-bond acceptors (Lipinski definition) is 4. The molecule has 0 aliphatic heterocycles. The number of carbonyl (C=O) groups is 1. The maximum Gasteiger partial charge on any atom is 0.354 e. The zero-order chi connectivity index (χ0) is 12.3. The van der Waals surface area contributed by atoms with Crippen LogP contribution in [0.25, 0.3) is 0 Å². The lowest BCUT2D eigenvalue weighted by molar-refractivity contribution is 0.0690. The molecular weight excluding hydrogens is 236 g/mol. The van der Waals surface area contributed by atoms with Crippen LogP contribution in [-0.4, -0.2) is 21.0 Å². The number of aromatic nitrogens is 2. The van der Waals surface area contributed by atoms with E-state index in [-0.39, 0.29) is 5.69 Å². The van der Waals surface area contributed by atoms with Crippen molar-refractivity contribution in [3.8, 4) is 0 Å². The Kier molecular flexibility index (Phi) is 3.39. The van der Waals surface area contributed by atoms with E-state index in [1.165, 1.54) is 18.0 Å². The minimum Gasteiger partial charge on any atom is -0.477 e. The second-order valence-corrected chi connectivity index (χ2v) is 4.54. The van der Waals surface area contributed by atoms with E-state index in [0.29, 0.717) is 0 Å². The number of carboxylic acids is 1. The van der Waals surface area contributed by atoms with E-state index in [1.807, 2.05) is 13.0 Å². The summed E-state index contributed by atoms with van der Waals surface area (Å²) in [6.07, 6.45) is 5.00. The second kappa shape index (κ2) is 4.97. The molecule has 0 fully saturated rings. The number of aryl methyl sites for hydroxylation is 1. The van der Waals surface area contributed by atoms with Gasteiger partial charge in [-0.15, -0.1) is 0 Å². The third-order valence-corrected chi connectivity index (χ3v) is 3.31. The van der Waals surface area contributed by atoms with Crippen LogP contribution in [0, 0.1) is 6.92 Å². The summed E-state index contributed by atoms with van der Waals surface area (Å²) in [7, 11) is 0. The van der Waals surface area contributed by atoms with Crippen molar-refractivity contribution in [2.45, 2.75) is 16.7 Å². The summed E-state index contributed by atoms with van der Waals surface area (Å²) in [6, 6.07) is 5.25. The predicted octanol–water partition coefficient (Wildman–Crippen LogP) is 2.63. The summed E-state index contributed by atoms with van der Waals surface area (Å²) in [5, 5.41) is 8.85. The van der Waals surface area contributed by atoms with Crippen LogP contribution >= 0.6 is 11.8 Å². The minimum atomic E-state index is -1.01. The maximum atomic E-state index is 10.8. The lowest BCUT2D eigenvalue weighted by atomic mass is 10.3. The Balaban J connectivity index is 2.28. The van der Waals surface area contributed by atoms with Gasteiger partial charge in [0.25, 0.3) is 0 Å². The fourth-order valence-corrected chi connectivity index (χ4v) is 2.19. The highest BCUT2D eigenvalue weighted by atomic mass is 32.2. The van der Waals surface area contributed by atoms with E-state index >= 15 is 0 Å². The first kappa shape index (κ1) is 11.6. The van der Waals surface area contributed by atoms with Crippen molar-refractivity contribution >= 4 is 17.7 Å². The smallest absolute Gasteiger partial charge is 0.354 e. The summed E-state index contributed by atoms with van der Waals surface area (Å²) >= 11 is 1.50. The highest BCUT2D eigenvalue weighted by Gasteiger charge is 2.06. The topological polar surface area (TPSA) is 63.1 Å². The molecule has 2 aromatic rings. The van der Waals surface area contributed by atoms with Crippen LogP contribution in [0.2, 0.25) is 0 Å². The molecule has 0 aliphatic rings. The van der Waals surface area contributed by atoms with E-state index in [2.05, 4.69) is 9.97 Å². The van der Waals surface area contributed by atoms with Crippen LogP contribution in [0.3, 0.4) is 0 Å². The van der Waals surface area contributed by atoms with Gasteiger partial charge in [-0.05, 0) is 30.7 Å². The van der Waals surface area contributed by atoms with Gasteiger partial charge in [0.15, 0.2) is 0 Å². The van der Waals surface area contributed by atoms with Crippen molar-refractivity contribution in [1.82, 2.24) is 9.97 Å². The van der Waals surface area contributed by atoms with E-state index in [4.69, 9.17) is 5.11 Å². The van der Waals surface area contributed by atoms with Crippen LogP contribution in [0.1, 0.15) is 16.1 Å². The molecule has 1 N–H and O–H groups in total. The van der Waals surface area contributed by atoms with Crippen molar-refractivity contribution in [1.29, 1.82) is 0 Å². The highest BCUT2D eigenvalue weighted by molar-refractivity contribution is 7.99. The molecule has 5 heteroatoms. The number of carboxylic acid groups (broad SMARTS) is 1. The third-order valence-electron chi connectivity index (χ3n) is 2.15. The molecule has 2 rings (SSSR count). The second-order valence-electron chi connectivity index (χ2n) is 3.43. The average molecular weight is 246 g/mol. The lowest BCUT2D eigenvalue weighted by Gasteiger charge is -2.04. The molecule has 0 saturated heterocycles. The van der Waals surface area contributed by atoms with Crippen LogP contribution in [0.4, 0.5) is 0 Å². The first-order chi connectivity index (χ1) is 8.16. The van der Waals surface area contributed by atoms with Crippen molar-refractivity contribution in [2.24, 2.45) is 0 Å². The first-order valence-electron chi connectivity index (χ1n) is 4.94. The van der Waals surface area contributed by atoms with Gasteiger partial charge in [0.05, 0.1) is 0 Å². The van der Waals surface area contributed by atoms with E-state index in [0.717, 1.165) is 15.4 Å². The predicted molar refractivity (Wildman–Crippen MR) is 64.3 cm³/mol. The van der Waals surface area contributed by atoms with Crippen molar-refractivity contribution in [3.05, 3.63) is 48.0 Å². The number of aromatic carboxylic acids is 1. The molecule has 0 amide bonds. The number of nitrogens with zero attached hydrogens (tertiary/aromatic N) is 2. The van der Waals surface area contributed by atoms with Gasteiger partial charge in [-0.1, -0.05) is 11.8 Å². The Morgan fingerprint density at radius 2 is 2.18 bits per heavy atom. The van der Waals surface area contributed by atoms with Gasteiger partial charge in [0, 0.05) is 28.4 Å². The van der Waals surface area contributed by atoms with Crippen molar-refractivity contribution in [3.63, 3.8) is 0 Å². The lowest BCUT2D eigenvalue weighted by Crippen LogP contribution is -1.99. The van der Waals surface area contributed by atoms with Gasteiger partial charge >= 0.3 is 5.97 Å². The summed E-state index contributed by atoms with van der Waals surface area (Å²) < 4.78 is 0. The molecule has 0 spiro atoms. The van der Waals surface area contributed by atoms with Gasteiger partial charge in [-0.3, -0.25) is 4.98 Å². The first-order valence-corrected chi connectivity index (χ1v) is 5.76. The fourth-order valence-electron chi connectivity index (χ4n) is 1.29. The van der Waals surface area contributed by atoms with E-state index < -0.39 is 5.97 Å². The van der Waals surface area contributed by atoms with Gasteiger partial charge in [-0.2, -0.15) is 0 Å². The molecule has 0 aromatic carbocycles. The van der Waals surface area contributed by atoms with Crippen LogP contribution < -0.4 is 0 Å². The molecule has 2 heterocycles. The van der Waals surface area contributed by atoms with Crippen LogP contribution in [0.15, 0.2) is 46.6 Å². The highest BCUT2D eigenvalue weighted by Crippen LogP contribution is 2.29. The molecule has 0 radical (unpaired) electrons. The Morgan fingerprint density at radius 3 is 2.88 bits per heavy atom. The summed E-state index contributed by atoms with van der Waals surface area (Å²) in [4.78, 5) is 20.5. The summed E-state index contributed by atoms with van der Waals surface area (Å²) in [5.74, 6) is -1.01. The molecule has 0 bridgehead atoms. The minimum absolute atomic E-state index is 0.0571. The van der Waals surface area contributed by atoms with Crippen molar-refractivity contribution in [2.75, 3.05) is 0 Å². The third kappa shape index (κ3) is 2.82. The van der Waals surface area contributed by atoms with Gasteiger partial charge < -0.3 is 5.11 Å². The molecule has 0 unspecified atom stereocenters. The molecule has 2 aromatic heterocycles. The largest absolute Gasteiger partial charge is 0.477 e. The molecule has 0 saturated carbocycles. The zero-order valence-electron chi connectivity index (χ0n) is 9.12. The molecule has 17 heavy (non-hydrogen) atoms. The fraction of sp³-hybridized carbons (Fsp3) is 0.0833. The summed E-state index contributed by atoms with van der Waals surface area (Å²) in [6.45, 7) is 1.97. The monoisotopic (exact) mass is 246 g/mol. The van der Waals surface area contributed by atoms with Gasteiger partial charge in [0.1, 0.15) is 5.69 Å². The maximum absolute atomic E-state index is 10.8. The molecule has 0 aliphatic carbocycles. The zero-order valence-corrected chi connectivity index (χ0v) is 9.94. The Morgan fingerprint density at radius 1 is 1.35 bits per heavy atom. The summed E-state index contributed by atoms with van der Waals surface area (Å²) in [5.41, 5.74) is 1.12. The van der Waals surface area contributed by atoms with Gasteiger partial charge in [0.2, 0.25) is 0 Å². The Hall–Kier alpha value is -1.88. The Bertz CT molecular complexity index is 558. The van der Waals surface area contributed by atoms with Crippen LogP contribution in [0.5, 0.6) is 0 Å². The number of pyridine rings is 2. The van der Waals surface area contributed by atoms with Crippen molar-refractivity contribution < 1.29 is 9.90 Å². The van der Waals surface area contributed by atoms with Crippen LogP contribution in [-0.2, 0) is 0 Å². The average Bonchev–Trinajstić information content (AvgIpc) is 2.32. The normalized spacial score (nSPS) is 10.2. The standard InChI is InChI=1S/C12H10N2O2S/c1-8-7-13-4-3-11(8)17-9-2-5-14-10(6-9)12(15)16/h2-7H,1H3,(H,15,16). The molecule has 4 nitrogen and oxygen atoms in total.